The first-order chi connectivity index (χ1) is 14.0. The number of hydrogen-bond donors (Lipinski definition) is 2. The molecule has 0 saturated carbocycles. The van der Waals surface area contributed by atoms with E-state index in [-0.39, 0.29) is 17.6 Å². The number of aromatic nitrogens is 3. The summed E-state index contributed by atoms with van der Waals surface area (Å²) in [6.45, 7) is 1.28. The van der Waals surface area contributed by atoms with E-state index < -0.39 is 0 Å². The molecule has 0 unspecified atom stereocenters. The van der Waals surface area contributed by atoms with Gasteiger partial charge in [-0.25, -0.2) is 14.8 Å². The Labute approximate surface area is 172 Å². The number of piperidine rings is 1. The molecule has 2 aromatic heterocycles. The van der Waals surface area contributed by atoms with Crippen LogP contribution >= 0.6 is 11.6 Å². The number of fused-ring (bicyclic) bond motifs is 1. The lowest BCUT2D eigenvalue weighted by Gasteiger charge is -2.32. The van der Waals surface area contributed by atoms with Crippen LogP contribution in [0.1, 0.15) is 12.8 Å². The first-order valence-corrected chi connectivity index (χ1v) is 9.79. The van der Waals surface area contributed by atoms with Gasteiger partial charge in [0.15, 0.2) is 11.5 Å². The van der Waals surface area contributed by atoms with Gasteiger partial charge in [0.2, 0.25) is 0 Å². The van der Waals surface area contributed by atoms with Crippen LogP contribution < -0.4 is 21.1 Å². The third kappa shape index (κ3) is 4.17. The molecule has 0 atom stereocenters. The van der Waals surface area contributed by atoms with Crippen LogP contribution in [0.3, 0.4) is 0 Å². The standard InChI is InChI=1S/C20H21ClN6O2/c1-26-17-16(3-2-10-22-17)25-18(19(26)28)27-11-8-15(9-12-27)24-20(29)23-14-6-4-13(21)5-7-14/h2-7,10,15H,8-9,11-12H2,1H3,(H2,23,24,29). The number of hydrogen-bond acceptors (Lipinski definition) is 5. The first kappa shape index (κ1) is 19.2. The summed E-state index contributed by atoms with van der Waals surface area (Å²) < 4.78 is 1.53. The molecule has 1 aromatic carbocycles. The summed E-state index contributed by atoms with van der Waals surface area (Å²) in [6.07, 6.45) is 3.10. The van der Waals surface area contributed by atoms with Crippen molar-refractivity contribution in [2.24, 2.45) is 7.05 Å². The lowest BCUT2D eigenvalue weighted by molar-refractivity contribution is 0.246. The Kier molecular flexibility index (Phi) is 5.35. The summed E-state index contributed by atoms with van der Waals surface area (Å²) >= 11 is 5.86. The van der Waals surface area contributed by atoms with Crippen LogP contribution in [0.2, 0.25) is 5.02 Å². The quantitative estimate of drug-likeness (QED) is 0.690. The molecule has 1 fully saturated rings. The molecule has 4 rings (SSSR count). The fourth-order valence-electron chi connectivity index (χ4n) is 3.47. The maximum Gasteiger partial charge on any atom is 0.319 e. The van der Waals surface area contributed by atoms with Gasteiger partial charge in [0.1, 0.15) is 5.52 Å². The Bertz CT molecular complexity index is 1090. The highest BCUT2D eigenvalue weighted by atomic mass is 35.5. The normalized spacial score (nSPS) is 14.8. The zero-order valence-electron chi connectivity index (χ0n) is 15.9. The Balaban J connectivity index is 1.39. The van der Waals surface area contributed by atoms with Gasteiger partial charge in [0, 0.05) is 43.1 Å². The maximum absolute atomic E-state index is 12.7. The number of pyridine rings is 1. The lowest BCUT2D eigenvalue weighted by atomic mass is 10.1. The summed E-state index contributed by atoms with van der Waals surface area (Å²) in [5.74, 6) is 0.428. The zero-order chi connectivity index (χ0) is 20.4. The lowest BCUT2D eigenvalue weighted by Crippen LogP contribution is -2.47. The summed E-state index contributed by atoms with van der Waals surface area (Å²) in [4.78, 5) is 35.7. The fourth-order valence-corrected chi connectivity index (χ4v) is 3.60. The van der Waals surface area contributed by atoms with Crippen LogP contribution in [0.25, 0.3) is 11.2 Å². The fraction of sp³-hybridized carbons (Fsp3) is 0.300. The Morgan fingerprint density at radius 1 is 1.17 bits per heavy atom. The zero-order valence-corrected chi connectivity index (χ0v) is 16.7. The van der Waals surface area contributed by atoms with Crippen molar-refractivity contribution in [3.05, 3.63) is 58.0 Å². The minimum atomic E-state index is -0.253. The van der Waals surface area contributed by atoms with Crippen molar-refractivity contribution in [2.45, 2.75) is 18.9 Å². The van der Waals surface area contributed by atoms with Crippen LogP contribution in [0.5, 0.6) is 0 Å². The van der Waals surface area contributed by atoms with E-state index in [4.69, 9.17) is 11.6 Å². The van der Waals surface area contributed by atoms with Crippen LogP contribution in [0, 0.1) is 0 Å². The second kappa shape index (κ2) is 8.08. The Morgan fingerprint density at radius 3 is 2.62 bits per heavy atom. The molecule has 3 heterocycles. The summed E-state index contributed by atoms with van der Waals surface area (Å²) in [7, 11) is 1.71. The van der Waals surface area contributed by atoms with E-state index >= 15 is 0 Å². The van der Waals surface area contributed by atoms with Crippen molar-refractivity contribution in [1.82, 2.24) is 19.9 Å². The smallest absolute Gasteiger partial charge is 0.319 e. The van der Waals surface area contributed by atoms with Crippen molar-refractivity contribution in [2.75, 3.05) is 23.3 Å². The number of urea groups is 1. The van der Waals surface area contributed by atoms with Gasteiger partial charge < -0.3 is 15.5 Å². The van der Waals surface area contributed by atoms with E-state index in [1.54, 1.807) is 43.6 Å². The minimum Gasteiger partial charge on any atom is -0.352 e. The van der Waals surface area contributed by atoms with Gasteiger partial charge in [-0.05, 0) is 49.2 Å². The number of halogens is 1. The number of carbonyl (C=O) groups is 1. The highest BCUT2D eigenvalue weighted by Gasteiger charge is 2.24. The van der Waals surface area contributed by atoms with E-state index in [1.807, 2.05) is 11.0 Å². The largest absolute Gasteiger partial charge is 0.352 e. The van der Waals surface area contributed by atoms with Gasteiger partial charge in [0.05, 0.1) is 0 Å². The average Bonchev–Trinajstić information content (AvgIpc) is 2.73. The van der Waals surface area contributed by atoms with Gasteiger partial charge in [-0.3, -0.25) is 9.36 Å². The second-order valence-electron chi connectivity index (χ2n) is 7.01. The molecule has 8 nitrogen and oxygen atoms in total. The number of aryl methyl sites for hydroxylation is 1. The van der Waals surface area contributed by atoms with E-state index in [9.17, 15) is 9.59 Å². The molecule has 1 aliphatic rings. The molecule has 3 aromatic rings. The predicted molar refractivity (Wildman–Crippen MR) is 114 cm³/mol. The molecule has 0 radical (unpaired) electrons. The highest BCUT2D eigenvalue weighted by Crippen LogP contribution is 2.18. The third-order valence-electron chi connectivity index (χ3n) is 5.04. The van der Waals surface area contributed by atoms with Crippen molar-refractivity contribution >= 4 is 40.3 Å². The van der Waals surface area contributed by atoms with Crippen LogP contribution in [0.15, 0.2) is 47.4 Å². The summed E-state index contributed by atoms with van der Waals surface area (Å²) in [5, 5.41) is 6.41. The number of carbonyl (C=O) groups excluding carboxylic acids is 1. The number of benzene rings is 1. The molecule has 9 heteroatoms. The summed E-state index contributed by atoms with van der Waals surface area (Å²) in [6, 6.07) is 10.4. The number of amides is 2. The maximum atomic E-state index is 12.7. The van der Waals surface area contributed by atoms with E-state index in [0.29, 0.717) is 40.8 Å². The van der Waals surface area contributed by atoms with Crippen molar-refractivity contribution in [3.8, 4) is 0 Å². The molecule has 150 valence electrons. The number of nitrogens with zero attached hydrogens (tertiary/aromatic N) is 4. The molecule has 0 bridgehead atoms. The van der Waals surface area contributed by atoms with Crippen LogP contribution in [-0.2, 0) is 7.05 Å². The van der Waals surface area contributed by atoms with Crippen LogP contribution in [0.4, 0.5) is 16.3 Å². The monoisotopic (exact) mass is 412 g/mol. The topological polar surface area (TPSA) is 92.2 Å². The van der Waals surface area contributed by atoms with Crippen molar-refractivity contribution in [3.63, 3.8) is 0 Å². The van der Waals surface area contributed by atoms with Gasteiger partial charge in [-0.2, -0.15) is 0 Å². The van der Waals surface area contributed by atoms with Crippen molar-refractivity contribution in [1.29, 1.82) is 0 Å². The van der Waals surface area contributed by atoms with Gasteiger partial charge in [-0.1, -0.05) is 11.6 Å². The molecule has 2 amide bonds. The van der Waals surface area contributed by atoms with Gasteiger partial charge >= 0.3 is 6.03 Å². The predicted octanol–water partition coefficient (Wildman–Crippen LogP) is 2.77. The molecule has 29 heavy (non-hydrogen) atoms. The third-order valence-corrected chi connectivity index (χ3v) is 5.29. The second-order valence-corrected chi connectivity index (χ2v) is 7.45. The average molecular weight is 413 g/mol. The number of nitrogens with one attached hydrogen (secondary N) is 2. The van der Waals surface area contributed by atoms with Gasteiger partial charge in [-0.15, -0.1) is 0 Å². The van der Waals surface area contributed by atoms with E-state index in [2.05, 4.69) is 20.6 Å². The first-order valence-electron chi connectivity index (χ1n) is 9.41. The summed E-state index contributed by atoms with van der Waals surface area (Å²) in [5.41, 5.74) is 1.77. The molecule has 1 saturated heterocycles. The van der Waals surface area contributed by atoms with E-state index in [1.165, 1.54) is 4.57 Å². The van der Waals surface area contributed by atoms with Crippen LogP contribution in [-0.4, -0.2) is 39.7 Å². The minimum absolute atomic E-state index is 0.0320. The molecule has 0 aliphatic carbocycles. The Hall–Kier alpha value is -3.13. The Morgan fingerprint density at radius 2 is 1.90 bits per heavy atom. The molecule has 1 aliphatic heterocycles. The highest BCUT2D eigenvalue weighted by molar-refractivity contribution is 6.30. The molecule has 0 spiro atoms. The van der Waals surface area contributed by atoms with Crippen molar-refractivity contribution < 1.29 is 4.79 Å². The van der Waals surface area contributed by atoms with E-state index in [0.717, 1.165) is 12.8 Å². The molecule has 2 N–H and O–H groups in total. The number of anilines is 2. The number of rotatable bonds is 3. The molecular formula is C20H21ClN6O2. The SMILES string of the molecule is Cn1c(=O)c(N2CCC(NC(=O)Nc3ccc(Cl)cc3)CC2)nc2cccnc21. The van der Waals surface area contributed by atoms with Gasteiger partial charge in [0.25, 0.3) is 5.56 Å². The molecular weight excluding hydrogens is 392 g/mol.